The number of aryl methyl sites for hydroxylation is 2. The van der Waals surface area contributed by atoms with E-state index in [1.165, 1.54) is 19.1 Å². The largest absolute Gasteiger partial charge is 0.456 e. The SMILES string of the molecule is CC(=O)COC(=O)CNC(=O)CNS(=O)(=O)c1ccc(C)c(C)c1. The Morgan fingerprint density at radius 2 is 1.75 bits per heavy atom. The molecule has 1 amide bonds. The first-order valence-corrected chi connectivity index (χ1v) is 8.59. The van der Waals surface area contributed by atoms with E-state index in [0.29, 0.717) is 0 Å². The number of benzene rings is 1. The predicted octanol–water partition coefficient (Wildman–Crippen LogP) is -0.170. The maximum absolute atomic E-state index is 12.1. The van der Waals surface area contributed by atoms with Gasteiger partial charge in [-0.25, -0.2) is 13.1 Å². The maximum Gasteiger partial charge on any atom is 0.325 e. The predicted molar refractivity (Wildman–Crippen MR) is 85.8 cm³/mol. The molecule has 0 saturated carbocycles. The van der Waals surface area contributed by atoms with Crippen LogP contribution in [0.25, 0.3) is 0 Å². The van der Waals surface area contributed by atoms with E-state index in [1.807, 2.05) is 6.92 Å². The Kier molecular flexibility index (Phi) is 7.05. The number of esters is 1. The Hall–Kier alpha value is -2.26. The van der Waals surface area contributed by atoms with Gasteiger partial charge < -0.3 is 10.1 Å². The summed E-state index contributed by atoms with van der Waals surface area (Å²) in [4.78, 5) is 33.5. The van der Waals surface area contributed by atoms with Crippen molar-refractivity contribution in [3.8, 4) is 0 Å². The number of hydrogen-bond donors (Lipinski definition) is 2. The second kappa shape index (κ2) is 8.55. The molecule has 0 atom stereocenters. The molecule has 1 aromatic carbocycles. The molecule has 0 unspecified atom stereocenters. The highest BCUT2D eigenvalue weighted by molar-refractivity contribution is 7.89. The Balaban J connectivity index is 2.49. The molecule has 9 heteroatoms. The highest BCUT2D eigenvalue weighted by Gasteiger charge is 2.16. The van der Waals surface area contributed by atoms with Crippen LogP contribution in [0.1, 0.15) is 18.1 Å². The summed E-state index contributed by atoms with van der Waals surface area (Å²) in [6, 6.07) is 4.63. The van der Waals surface area contributed by atoms with Gasteiger partial charge in [0.05, 0.1) is 11.4 Å². The van der Waals surface area contributed by atoms with Gasteiger partial charge in [0.2, 0.25) is 15.9 Å². The number of amides is 1. The first-order valence-electron chi connectivity index (χ1n) is 7.10. The zero-order valence-corrected chi connectivity index (χ0v) is 14.5. The number of hydrogen-bond acceptors (Lipinski definition) is 6. The van der Waals surface area contributed by atoms with Crippen LogP contribution in [-0.4, -0.2) is 45.8 Å². The molecule has 0 aromatic heterocycles. The fourth-order valence-electron chi connectivity index (χ4n) is 1.59. The lowest BCUT2D eigenvalue weighted by Crippen LogP contribution is -2.39. The number of sulfonamides is 1. The van der Waals surface area contributed by atoms with E-state index in [1.54, 1.807) is 13.0 Å². The topological polar surface area (TPSA) is 119 Å². The molecule has 0 aliphatic rings. The van der Waals surface area contributed by atoms with Crippen molar-refractivity contribution < 1.29 is 27.5 Å². The lowest BCUT2D eigenvalue weighted by atomic mass is 10.1. The third-order valence-electron chi connectivity index (χ3n) is 3.08. The van der Waals surface area contributed by atoms with E-state index < -0.39 is 35.0 Å². The lowest BCUT2D eigenvalue weighted by molar-refractivity contribution is -0.147. The van der Waals surface area contributed by atoms with Gasteiger partial charge in [-0.2, -0.15) is 0 Å². The Bertz CT molecular complexity index is 742. The highest BCUT2D eigenvalue weighted by Crippen LogP contribution is 2.14. The summed E-state index contributed by atoms with van der Waals surface area (Å²) < 4.78 is 30.9. The molecule has 0 spiro atoms. The quantitative estimate of drug-likeness (QED) is 0.624. The Labute approximate surface area is 140 Å². The number of Topliss-reactive ketones (excluding diaryl/α,β-unsaturated/α-hetero) is 1. The number of carbonyl (C=O) groups is 3. The van der Waals surface area contributed by atoms with Crippen molar-refractivity contribution in [3.63, 3.8) is 0 Å². The van der Waals surface area contributed by atoms with Crippen molar-refractivity contribution in [3.05, 3.63) is 29.3 Å². The number of ketones is 1. The van der Waals surface area contributed by atoms with Gasteiger partial charge in [0.15, 0.2) is 5.78 Å². The van der Waals surface area contributed by atoms with Crippen LogP contribution >= 0.6 is 0 Å². The summed E-state index contributed by atoms with van der Waals surface area (Å²) in [5.74, 6) is -1.80. The van der Waals surface area contributed by atoms with Gasteiger partial charge in [-0.1, -0.05) is 6.07 Å². The van der Waals surface area contributed by atoms with Gasteiger partial charge in [0.1, 0.15) is 13.2 Å². The maximum atomic E-state index is 12.1. The van der Waals surface area contributed by atoms with Crippen molar-refractivity contribution in [1.82, 2.24) is 10.0 Å². The molecular weight excluding hydrogens is 336 g/mol. The summed E-state index contributed by atoms with van der Waals surface area (Å²) in [5, 5.41) is 2.20. The normalized spacial score (nSPS) is 11.0. The Morgan fingerprint density at radius 1 is 1.08 bits per heavy atom. The standard InChI is InChI=1S/C15H20N2O6S/c1-10-4-5-13(6-11(10)2)24(21,22)17-7-14(19)16-8-15(20)23-9-12(3)18/h4-6,17H,7-9H2,1-3H3,(H,16,19). The van der Waals surface area contributed by atoms with Crippen molar-refractivity contribution in [2.75, 3.05) is 19.7 Å². The molecule has 1 aromatic rings. The van der Waals surface area contributed by atoms with Crippen molar-refractivity contribution in [2.24, 2.45) is 0 Å². The first kappa shape index (κ1) is 19.8. The van der Waals surface area contributed by atoms with Gasteiger partial charge in [0, 0.05) is 0 Å². The van der Waals surface area contributed by atoms with Crippen LogP contribution in [0.3, 0.4) is 0 Å². The van der Waals surface area contributed by atoms with Gasteiger partial charge in [-0.15, -0.1) is 0 Å². The first-order chi connectivity index (χ1) is 11.1. The van der Waals surface area contributed by atoms with E-state index in [4.69, 9.17) is 0 Å². The molecule has 0 fully saturated rings. The fourth-order valence-corrected chi connectivity index (χ4v) is 2.66. The summed E-state index contributed by atoms with van der Waals surface area (Å²) in [7, 11) is -3.83. The second-order valence-corrected chi connectivity index (χ2v) is 6.98. The van der Waals surface area contributed by atoms with Gasteiger partial charge in [-0.05, 0) is 44.0 Å². The minimum atomic E-state index is -3.83. The molecular formula is C15H20N2O6S. The fraction of sp³-hybridized carbons (Fsp3) is 0.400. The van der Waals surface area contributed by atoms with Crippen molar-refractivity contribution in [2.45, 2.75) is 25.7 Å². The summed E-state index contributed by atoms with van der Waals surface area (Å²) in [5.41, 5.74) is 1.77. The van der Waals surface area contributed by atoms with Crippen LogP contribution in [0.4, 0.5) is 0 Å². The van der Waals surface area contributed by atoms with Crippen LogP contribution in [0.2, 0.25) is 0 Å². The minimum absolute atomic E-state index is 0.0549. The van der Waals surface area contributed by atoms with Gasteiger partial charge in [0.25, 0.3) is 0 Å². The molecule has 1 rings (SSSR count). The van der Waals surface area contributed by atoms with E-state index in [0.717, 1.165) is 11.1 Å². The van der Waals surface area contributed by atoms with Crippen molar-refractivity contribution >= 4 is 27.7 Å². The number of nitrogens with one attached hydrogen (secondary N) is 2. The smallest absolute Gasteiger partial charge is 0.325 e. The zero-order valence-electron chi connectivity index (χ0n) is 13.7. The summed E-state index contributed by atoms with van der Waals surface area (Å²) in [6.07, 6.45) is 0. The number of ether oxygens (including phenoxy) is 1. The zero-order chi connectivity index (χ0) is 18.3. The molecule has 0 bridgehead atoms. The van der Waals surface area contributed by atoms with Gasteiger partial charge >= 0.3 is 5.97 Å². The lowest BCUT2D eigenvalue weighted by Gasteiger charge is -2.09. The van der Waals surface area contributed by atoms with Crippen LogP contribution in [0.15, 0.2) is 23.1 Å². The molecule has 8 nitrogen and oxygen atoms in total. The van der Waals surface area contributed by atoms with E-state index >= 15 is 0 Å². The third kappa shape index (κ3) is 6.47. The van der Waals surface area contributed by atoms with Crippen molar-refractivity contribution in [1.29, 1.82) is 0 Å². The van der Waals surface area contributed by atoms with Gasteiger partial charge in [-0.3, -0.25) is 14.4 Å². The average Bonchev–Trinajstić information content (AvgIpc) is 2.51. The second-order valence-electron chi connectivity index (χ2n) is 5.21. The number of rotatable bonds is 8. The molecule has 132 valence electrons. The van der Waals surface area contributed by atoms with Crippen LogP contribution < -0.4 is 10.0 Å². The summed E-state index contributed by atoms with van der Waals surface area (Å²) >= 11 is 0. The third-order valence-corrected chi connectivity index (χ3v) is 4.48. The molecule has 0 saturated heterocycles. The molecule has 0 heterocycles. The monoisotopic (exact) mass is 356 g/mol. The van der Waals surface area contributed by atoms with Crippen LogP contribution in [0.5, 0.6) is 0 Å². The Morgan fingerprint density at radius 3 is 2.33 bits per heavy atom. The average molecular weight is 356 g/mol. The molecule has 0 aliphatic heterocycles. The van der Waals surface area contributed by atoms with E-state index in [-0.39, 0.29) is 17.3 Å². The summed E-state index contributed by atoms with van der Waals surface area (Å²) in [6.45, 7) is 3.57. The molecule has 0 radical (unpaired) electrons. The van der Waals surface area contributed by atoms with Crippen LogP contribution in [0, 0.1) is 13.8 Å². The minimum Gasteiger partial charge on any atom is -0.456 e. The number of carbonyl (C=O) groups excluding carboxylic acids is 3. The molecule has 24 heavy (non-hydrogen) atoms. The van der Waals surface area contributed by atoms with E-state index in [9.17, 15) is 22.8 Å². The molecule has 2 N–H and O–H groups in total. The van der Waals surface area contributed by atoms with E-state index in [2.05, 4.69) is 14.8 Å². The molecule has 0 aliphatic carbocycles. The van der Waals surface area contributed by atoms with Crippen LogP contribution in [-0.2, 0) is 29.1 Å². The highest BCUT2D eigenvalue weighted by atomic mass is 32.2.